The lowest BCUT2D eigenvalue weighted by atomic mass is 10.1. The van der Waals surface area contributed by atoms with Crippen LogP contribution >= 0.6 is 0 Å². The maximum atomic E-state index is 12.1. The van der Waals surface area contributed by atoms with E-state index in [1.165, 1.54) is 5.56 Å². The Bertz CT molecular complexity index is 744. The number of aromatic nitrogens is 2. The first-order chi connectivity index (χ1) is 10.2. The molecule has 0 aliphatic rings. The van der Waals surface area contributed by atoms with E-state index in [-0.39, 0.29) is 5.91 Å². The summed E-state index contributed by atoms with van der Waals surface area (Å²) < 4.78 is 5.25. The molecule has 0 saturated heterocycles. The van der Waals surface area contributed by atoms with Gasteiger partial charge in [0, 0.05) is 12.6 Å². The van der Waals surface area contributed by atoms with Gasteiger partial charge in [-0.25, -0.2) is 0 Å². The second-order valence-corrected chi connectivity index (χ2v) is 4.82. The maximum absolute atomic E-state index is 12.1. The summed E-state index contributed by atoms with van der Waals surface area (Å²) >= 11 is 0. The number of carbonyl (C=O) groups is 1. The van der Waals surface area contributed by atoms with Crippen LogP contribution in [-0.4, -0.2) is 16.1 Å². The van der Waals surface area contributed by atoms with E-state index in [2.05, 4.69) is 15.5 Å². The molecule has 0 atom stereocenters. The van der Waals surface area contributed by atoms with E-state index in [9.17, 15) is 4.79 Å². The third kappa shape index (κ3) is 3.02. The molecule has 0 spiro atoms. The predicted molar refractivity (Wildman–Crippen MR) is 78.6 cm³/mol. The monoisotopic (exact) mass is 281 g/mol. The van der Waals surface area contributed by atoms with Crippen molar-refractivity contribution in [2.24, 2.45) is 0 Å². The molecule has 1 amide bonds. The third-order valence-corrected chi connectivity index (χ3v) is 3.13. The van der Waals surface area contributed by atoms with Gasteiger partial charge in [-0.3, -0.25) is 9.89 Å². The number of furan rings is 1. The van der Waals surface area contributed by atoms with Gasteiger partial charge in [-0.2, -0.15) is 5.10 Å². The van der Waals surface area contributed by atoms with Crippen LogP contribution in [0.1, 0.15) is 21.6 Å². The summed E-state index contributed by atoms with van der Waals surface area (Å²) in [6.45, 7) is 2.50. The van der Waals surface area contributed by atoms with Gasteiger partial charge in [0.15, 0.2) is 11.5 Å². The molecule has 5 heteroatoms. The quantitative estimate of drug-likeness (QED) is 0.772. The highest BCUT2D eigenvalue weighted by Crippen LogP contribution is 2.17. The topological polar surface area (TPSA) is 70.9 Å². The van der Waals surface area contributed by atoms with Gasteiger partial charge in [0.05, 0.1) is 6.26 Å². The summed E-state index contributed by atoms with van der Waals surface area (Å²) in [5.74, 6) is 0.436. The Balaban J connectivity index is 1.66. The van der Waals surface area contributed by atoms with Gasteiger partial charge in [0.25, 0.3) is 5.91 Å². The molecule has 2 heterocycles. The molecule has 21 heavy (non-hydrogen) atoms. The zero-order valence-corrected chi connectivity index (χ0v) is 11.6. The molecule has 0 unspecified atom stereocenters. The zero-order valence-electron chi connectivity index (χ0n) is 11.6. The molecule has 0 radical (unpaired) electrons. The largest absolute Gasteiger partial charge is 0.463 e. The molecule has 0 saturated carbocycles. The van der Waals surface area contributed by atoms with Crippen LogP contribution in [0.5, 0.6) is 0 Å². The highest BCUT2D eigenvalue weighted by atomic mass is 16.3. The Kier molecular flexibility index (Phi) is 3.55. The minimum absolute atomic E-state index is 0.217. The SMILES string of the molecule is Cc1cccc(CNC(=O)c2cc(-c3ccco3)[nH]n2)c1. The van der Waals surface area contributed by atoms with Crippen molar-refractivity contribution in [1.82, 2.24) is 15.5 Å². The van der Waals surface area contributed by atoms with Crippen LogP contribution in [0.25, 0.3) is 11.5 Å². The van der Waals surface area contributed by atoms with E-state index in [4.69, 9.17) is 4.42 Å². The molecule has 3 rings (SSSR count). The van der Waals surface area contributed by atoms with Crippen molar-refractivity contribution >= 4 is 5.91 Å². The first-order valence-electron chi connectivity index (χ1n) is 6.65. The van der Waals surface area contributed by atoms with Gasteiger partial charge < -0.3 is 9.73 Å². The van der Waals surface area contributed by atoms with Crippen molar-refractivity contribution in [3.05, 3.63) is 65.5 Å². The summed E-state index contributed by atoms with van der Waals surface area (Å²) in [6.07, 6.45) is 1.58. The molecular formula is C16H15N3O2. The molecule has 0 bridgehead atoms. The van der Waals surface area contributed by atoms with Gasteiger partial charge in [-0.1, -0.05) is 29.8 Å². The molecule has 0 aliphatic heterocycles. The van der Waals surface area contributed by atoms with E-state index in [1.54, 1.807) is 18.4 Å². The number of amides is 1. The normalized spacial score (nSPS) is 10.5. The number of aromatic amines is 1. The molecule has 0 aliphatic carbocycles. The van der Waals surface area contributed by atoms with Gasteiger partial charge >= 0.3 is 0 Å². The molecule has 3 aromatic rings. The van der Waals surface area contributed by atoms with Crippen molar-refractivity contribution in [3.8, 4) is 11.5 Å². The number of hydrogen-bond acceptors (Lipinski definition) is 3. The molecule has 106 valence electrons. The van der Waals surface area contributed by atoms with Crippen LogP contribution in [-0.2, 0) is 6.54 Å². The highest BCUT2D eigenvalue weighted by molar-refractivity contribution is 5.93. The summed E-state index contributed by atoms with van der Waals surface area (Å²) in [6, 6.07) is 13.3. The standard InChI is InChI=1S/C16H15N3O2/c1-11-4-2-5-12(8-11)10-17-16(20)14-9-13(18-19-14)15-6-3-7-21-15/h2-9H,10H2,1H3,(H,17,20)(H,18,19). The summed E-state index contributed by atoms with van der Waals surface area (Å²) in [5.41, 5.74) is 3.25. The number of H-pyrrole nitrogens is 1. The van der Waals surface area contributed by atoms with Crippen molar-refractivity contribution in [2.45, 2.75) is 13.5 Å². The fourth-order valence-electron chi connectivity index (χ4n) is 2.09. The van der Waals surface area contributed by atoms with E-state index in [0.29, 0.717) is 23.7 Å². The van der Waals surface area contributed by atoms with E-state index in [1.807, 2.05) is 37.3 Å². The number of nitrogens with zero attached hydrogens (tertiary/aromatic N) is 1. The Hall–Kier alpha value is -2.82. The van der Waals surface area contributed by atoms with Gasteiger partial charge in [-0.05, 0) is 24.6 Å². The number of carbonyl (C=O) groups excluding carboxylic acids is 1. The van der Waals surface area contributed by atoms with Gasteiger partial charge in [0.1, 0.15) is 5.69 Å². The average Bonchev–Trinajstić information content (AvgIpc) is 3.15. The lowest BCUT2D eigenvalue weighted by molar-refractivity contribution is 0.0946. The van der Waals surface area contributed by atoms with Crippen LogP contribution < -0.4 is 5.32 Å². The second-order valence-electron chi connectivity index (χ2n) is 4.82. The second kappa shape index (κ2) is 5.66. The average molecular weight is 281 g/mol. The molecule has 0 fully saturated rings. The van der Waals surface area contributed by atoms with Gasteiger partial charge in [-0.15, -0.1) is 0 Å². The predicted octanol–water partition coefficient (Wildman–Crippen LogP) is 2.91. The molecule has 1 aromatic carbocycles. The number of benzene rings is 1. The third-order valence-electron chi connectivity index (χ3n) is 3.13. The summed E-state index contributed by atoms with van der Waals surface area (Å²) in [4.78, 5) is 12.1. The Morgan fingerprint density at radius 3 is 2.95 bits per heavy atom. The van der Waals surface area contributed by atoms with Crippen LogP contribution in [0.15, 0.2) is 53.1 Å². The molecule has 2 aromatic heterocycles. The Morgan fingerprint density at radius 2 is 2.19 bits per heavy atom. The summed E-state index contributed by atoms with van der Waals surface area (Å²) in [7, 11) is 0. The van der Waals surface area contributed by atoms with Gasteiger partial charge in [0.2, 0.25) is 0 Å². The summed E-state index contributed by atoms with van der Waals surface area (Å²) in [5, 5.41) is 9.65. The van der Waals surface area contributed by atoms with Crippen LogP contribution in [0.4, 0.5) is 0 Å². The minimum atomic E-state index is -0.217. The lowest BCUT2D eigenvalue weighted by Gasteiger charge is -2.04. The lowest BCUT2D eigenvalue weighted by Crippen LogP contribution is -2.23. The number of aryl methyl sites for hydroxylation is 1. The fourth-order valence-corrected chi connectivity index (χ4v) is 2.09. The Morgan fingerprint density at radius 1 is 1.29 bits per heavy atom. The first kappa shape index (κ1) is 13.2. The molecule has 5 nitrogen and oxygen atoms in total. The smallest absolute Gasteiger partial charge is 0.272 e. The number of rotatable bonds is 4. The fraction of sp³-hybridized carbons (Fsp3) is 0.125. The minimum Gasteiger partial charge on any atom is -0.463 e. The van der Waals surface area contributed by atoms with Crippen molar-refractivity contribution in [3.63, 3.8) is 0 Å². The Labute approximate surface area is 122 Å². The number of nitrogens with one attached hydrogen (secondary N) is 2. The van der Waals surface area contributed by atoms with Crippen molar-refractivity contribution in [1.29, 1.82) is 0 Å². The maximum Gasteiger partial charge on any atom is 0.272 e. The molecular weight excluding hydrogens is 266 g/mol. The first-order valence-corrected chi connectivity index (χ1v) is 6.65. The highest BCUT2D eigenvalue weighted by Gasteiger charge is 2.12. The zero-order chi connectivity index (χ0) is 14.7. The van der Waals surface area contributed by atoms with Crippen molar-refractivity contribution in [2.75, 3.05) is 0 Å². The van der Waals surface area contributed by atoms with E-state index in [0.717, 1.165) is 5.56 Å². The molecule has 2 N–H and O–H groups in total. The number of hydrogen-bond donors (Lipinski definition) is 2. The van der Waals surface area contributed by atoms with Crippen LogP contribution in [0.3, 0.4) is 0 Å². The van der Waals surface area contributed by atoms with E-state index < -0.39 is 0 Å². The van der Waals surface area contributed by atoms with Crippen LogP contribution in [0.2, 0.25) is 0 Å². The van der Waals surface area contributed by atoms with Crippen LogP contribution in [0, 0.1) is 6.92 Å². The van der Waals surface area contributed by atoms with E-state index >= 15 is 0 Å². The van der Waals surface area contributed by atoms with Crippen molar-refractivity contribution < 1.29 is 9.21 Å².